The first-order chi connectivity index (χ1) is 9.63. The van der Waals surface area contributed by atoms with Gasteiger partial charge in [0.1, 0.15) is 5.69 Å². The lowest BCUT2D eigenvalue weighted by molar-refractivity contribution is -0.384. The van der Waals surface area contributed by atoms with Crippen molar-refractivity contribution >= 4 is 17.3 Å². The number of benzene rings is 1. The Morgan fingerprint density at radius 1 is 1.40 bits per heavy atom. The molecule has 1 heterocycles. The Balaban J connectivity index is 2.40. The lowest BCUT2D eigenvalue weighted by atomic mass is 10.1. The fraction of sp³-hybridized carbons (Fsp3) is 0.462. The van der Waals surface area contributed by atoms with Gasteiger partial charge in [-0.25, -0.2) is 0 Å². The number of nitrogens with zero attached hydrogens (tertiary/aromatic N) is 2. The maximum atomic E-state index is 11.7. The zero-order valence-corrected chi connectivity index (χ0v) is 11.4. The molecular formula is C13H18N4O3. The molecule has 2 rings (SSSR count). The molecule has 1 aliphatic rings. The van der Waals surface area contributed by atoms with Gasteiger partial charge in [0.05, 0.1) is 4.92 Å². The summed E-state index contributed by atoms with van der Waals surface area (Å²) in [7, 11) is 1.54. The topological polar surface area (TPSA) is 87.5 Å². The summed E-state index contributed by atoms with van der Waals surface area (Å²) in [6, 6.07) is 4.48. The van der Waals surface area contributed by atoms with Crippen LogP contribution in [0.2, 0.25) is 0 Å². The fourth-order valence-corrected chi connectivity index (χ4v) is 2.30. The van der Waals surface area contributed by atoms with E-state index < -0.39 is 4.92 Å². The van der Waals surface area contributed by atoms with E-state index in [0.717, 1.165) is 26.1 Å². The van der Waals surface area contributed by atoms with E-state index in [2.05, 4.69) is 10.6 Å². The zero-order chi connectivity index (χ0) is 14.5. The lowest BCUT2D eigenvalue weighted by Gasteiger charge is -2.22. The molecule has 20 heavy (non-hydrogen) atoms. The first kappa shape index (κ1) is 14.3. The normalized spacial score (nSPS) is 15.6. The molecule has 0 aliphatic carbocycles. The first-order valence-corrected chi connectivity index (χ1v) is 6.59. The maximum Gasteiger partial charge on any atom is 0.292 e. The number of carbonyl (C=O) groups excluding carboxylic acids is 1. The maximum absolute atomic E-state index is 11.7. The van der Waals surface area contributed by atoms with Gasteiger partial charge in [0.2, 0.25) is 0 Å². The fourth-order valence-electron chi connectivity index (χ4n) is 2.30. The van der Waals surface area contributed by atoms with Crippen LogP contribution in [0.5, 0.6) is 0 Å². The molecule has 1 aromatic rings. The van der Waals surface area contributed by atoms with Gasteiger partial charge >= 0.3 is 0 Å². The van der Waals surface area contributed by atoms with Crippen LogP contribution in [0.25, 0.3) is 0 Å². The molecule has 1 amide bonds. The van der Waals surface area contributed by atoms with Crippen molar-refractivity contribution in [3.05, 3.63) is 33.9 Å². The second-order valence-corrected chi connectivity index (χ2v) is 4.63. The average Bonchev–Trinajstić information content (AvgIpc) is 2.74. The average molecular weight is 278 g/mol. The van der Waals surface area contributed by atoms with E-state index in [1.165, 1.54) is 12.1 Å². The quantitative estimate of drug-likeness (QED) is 0.629. The minimum absolute atomic E-state index is 0.0413. The number of hydrogen-bond donors (Lipinski definition) is 2. The molecule has 0 unspecified atom stereocenters. The van der Waals surface area contributed by atoms with Gasteiger partial charge in [0.25, 0.3) is 11.6 Å². The molecule has 0 aromatic heterocycles. The van der Waals surface area contributed by atoms with Crippen LogP contribution >= 0.6 is 0 Å². The minimum atomic E-state index is -0.402. The predicted molar refractivity (Wildman–Crippen MR) is 76.2 cm³/mol. The molecule has 0 bridgehead atoms. The van der Waals surface area contributed by atoms with Crippen molar-refractivity contribution in [3.63, 3.8) is 0 Å². The van der Waals surface area contributed by atoms with E-state index >= 15 is 0 Å². The summed E-state index contributed by atoms with van der Waals surface area (Å²) in [5.41, 5.74) is 0.990. The van der Waals surface area contributed by atoms with Crippen molar-refractivity contribution < 1.29 is 9.72 Å². The largest absolute Gasteiger partial charge is 0.365 e. The van der Waals surface area contributed by atoms with E-state index in [1.54, 1.807) is 13.1 Å². The van der Waals surface area contributed by atoms with E-state index in [-0.39, 0.29) is 11.6 Å². The summed E-state index contributed by atoms with van der Waals surface area (Å²) in [5, 5.41) is 16.9. The van der Waals surface area contributed by atoms with Gasteiger partial charge in [-0.3, -0.25) is 14.9 Å². The van der Waals surface area contributed by atoms with Crippen LogP contribution in [0, 0.1) is 10.1 Å². The smallest absolute Gasteiger partial charge is 0.292 e. The third-order valence-corrected chi connectivity index (χ3v) is 3.34. The second-order valence-electron chi connectivity index (χ2n) is 4.63. The molecule has 0 saturated carbocycles. The Hall–Kier alpha value is -2.15. The molecule has 1 aliphatic heterocycles. The van der Waals surface area contributed by atoms with Crippen molar-refractivity contribution in [3.8, 4) is 0 Å². The third-order valence-electron chi connectivity index (χ3n) is 3.34. The summed E-state index contributed by atoms with van der Waals surface area (Å²) in [6.07, 6.45) is 0.918. The number of nitrogens with one attached hydrogen (secondary N) is 2. The minimum Gasteiger partial charge on any atom is -0.365 e. The van der Waals surface area contributed by atoms with Gasteiger partial charge in [-0.15, -0.1) is 0 Å². The molecule has 1 fully saturated rings. The predicted octanol–water partition coefficient (Wildman–Crippen LogP) is 0.754. The molecule has 0 radical (unpaired) electrons. The molecule has 7 nitrogen and oxygen atoms in total. The summed E-state index contributed by atoms with van der Waals surface area (Å²) in [6.45, 7) is 3.11. The molecule has 0 spiro atoms. The summed E-state index contributed by atoms with van der Waals surface area (Å²) >= 11 is 0. The van der Waals surface area contributed by atoms with E-state index in [4.69, 9.17) is 0 Å². The molecule has 1 saturated heterocycles. The van der Waals surface area contributed by atoms with Crippen LogP contribution in [-0.4, -0.2) is 44.1 Å². The number of carbonyl (C=O) groups is 1. The Kier molecular flexibility index (Phi) is 4.52. The first-order valence-electron chi connectivity index (χ1n) is 6.59. The number of anilines is 1. The number of rotatable bonds is 3. The number of nitro benzene ring substituents is 1. The Morgan fingerprint density at radius 2 is 2.20 bits per heavy atom. The van der Waals surface area contributed by atoms with Crippen LogP contribution in [0.3, 0.4) is 0 Å². The van der Waals surface area contributed by atoms with Crippen LogP contribution in [-0.2, 0) is 0 Å². The van der Waals surface area contributed by atoms with E-state index in [1.807, 2.05) is 4.90 Å². The van der Waals surface area contributed by atoms with E-state index in [0.29, 0.717) is 17.8 Å². The third kappa shape index (κ3) is 3.05. The highest BCUT2D eigenvalue weighted by molar-refractivity contribution is 5.95. The highest BCUT2D eigenvalue weighted by Crippen LogP contribution is 2.29. The van der Waals surface area contributed by atoms with Gasteiger partial charge in [-0.05, 0) is 25.1 Å². The lowest BCUT2D eigenvalue weighted by Crippen LogP contribution is -2.29. The van der Waals surface area contributed by atoms with Crippen LogP contribution in [0.4, 0.5) is 11.4 Å². The number of nitro groups is 1. The van der Waals surface area contributed by atoms with Crippen molar-refractivity contribution in [2.75, 3.05) is 38.1 Å². The Morgan fingerprint density at radius 3 is 2.90 bits per heavy atom. The van der Waals surface area contributed by atoms with Gasteiger partial charge in [-0.2, -0.15) is 0 Å². The Labute approximate surface area is 117 Å². The van der Waals surface area contributed by atoms with Crippen molar-refractivity contribution in [1.29, 1.82) is 0 Å². The van der Waals surface area contributed by atoms with Gasteiger partial charge < -0.3 is 15.5 Å². The van der Waals surface area contributed by atoms with Crippen LogP contribution < -0.4 is 15.5 Å². The van der Waals surface area contributed by atoms with Gasteiger partial charge in [0, 0.05) is 38.3 Å². The van der Waals surface area contributed by atoms with E-state index in [9.17, 15) is 14.9 Å². The number of hydrogen-bond acceptors (Lipinski definition) is 5. The summed E-state index contributed by atoms with van der Waals surface area (Å²) < 4.78 is 0. The van der Waals surface area contributed by atoms with Crippen molar-refractivity contribution in [1.82, 2.24) is 10.6 Å². The highest BCUT2D eigenvalue weighted by Gasteiger charge is 2.22. The SMILES string of the molecule is CNC(=O)c1ccc([N+](=O)[O-])c(N2CCCNCC2)c1. The van der Waals surface area contributed by atoms with Crippen LogP contribution in [0.1, 0.15) is 16.8 Å². The number of amides is 1. The molecular weight excluding hydrogens is 260 g/mol. The molecule has 0 atom stereocenters. The molecule has 2 N–H and O–H groups in total. The zero-order valence-electron chi connectivity index (χ0n) is 11.4. The van der Waals surface area contributed by atoms with Crippen molar-refractivity contribution in [2.45, 2.75) is 6.42 Å². The summed E-state index contributed by atoms with van der Waals surface area (Å²) in [4.78, 5) is 24.4. The molecule has 108 valence electrons. The Bertz CT molecular complexity index is 510. The van der Waals surface area contributed by atoms with Crippen molar-refractivity contribution in [2.24, 2.45) is 0 Å². The highest BCUT2D eigenvalue weighted by atomic mass is 16.6. The van der Waals surface area contributed by atoms with Gasteiger partial charge in [-0.1, -0.05) is 0 Å². The second kappa shape index (κ2) is 6.33. The van der Waals surface area contributed by atoms with Crippen LogP contribution in [0.15, 0.2) is 18.2 Å². The summed E-state index contributed by atoms with van der Waals surface area (Å²) in [5.74, 6) is -0.242. The van der Waals surface area contributed by atoms with Gasteiger partial charge in [0.15, 0.2) is 0 Å². The molecule has 1 aromatic carbocycles. The standard InChI is InChI=1S/C13H18N4O3/c1-14-13(18)10-3-4-11(17(19)20)12(9-10)16-7-2-5-15-6-8-16/h3-4,9,15H,2,5-8H2,1H3,(H,14,18). The molecule has 7 heteroatoms. The monoisotopic (exact) mass is 278 g/mol.